The monoisotopic (exact) mass is 294 g/mol. The second kappa shape index (κ2) is 8.78. The third-order valence-corrected chi connectivity index (χ3v) is 5.41. The van der Waals surface area contributed by atoms with Gasteiger partial charge in [-0.2, -0.15) is 0 Å². The molecule has 1 heterocycles. The van der Waals surface area contributed by atoms with Gasteiger partial charge in [-0.1, -0.05) is 39.0 Å². The molecule has 0 amide bonds. The predicted molar refractivity (Wildman–Crippen MR) is 88.4 cm³/mol. The number of aryl methyl sites for hydroxylation is 1. The van der Waals surface area contributed by atoms with Crippen LogP contribution in [0, 0.1) is 12.8 Å². The van der Waals surface area contributed by atoms with Crippen LogP contribution < -0.4 is 5.32 Å². The Kier molecular flexibility index (Phi) is 7.01. The molecule has 0 spiro atoms. The van der Waals surface area contributed by atoms with E-state index in [0.29, 0.717) is 6.04 Å². The SMILES string of the molecule is CCCNC(CCC1CCCCC1)Cc1nc(C)cs1. The van der Waals surface area contributed by atoms with Crippen LogP contribution in [0.3, 0.4) is 0 Å². The summed E-state index contributed by atoms with van der Waals surface area (Å²) in [5.41, 5.74) is 1.17. The van der Waals surface area contributed by atoms with E-state index >= 15 is 0 Å². The van der Waals surface area contributed by atoms with Crippen molar-refractivity contribution < 1.29 is 0 Å². The number of thiazole rings is 1. The minimum Gasteiger partial charge on any atom is -0.314 e. The highest BCUT2D eigenvalue weighted by molar-refractivity contribution is 7.09. The molecule has 0 bridgehead atoms. The first kappa shape index (κ1) is 16.0. The Morgan fingerprint density at radius 1 is 1.35 bits per heavy atom. The largest absolute Gasteiger partial charge is 0.314 e. The first-order chi connectivity index (χ1) is 9.78. The first-order valence-electron chi connectivity index (χ1n) is 8.42. The van der Waals surface area contributed by atoms with Gasteiger partial charge in [-0.25, -0.2) is 4.98 Å². The zero-order valence-electron chi connectivity index (χ0n) is 13.2. The van der Waals surface area contributed by atoms with Gasteiger partial charge in [0.05, 0.1) is 5.01 Å². The molecule has 1 aliphatic carbocycles. The smallest absolute Gasteiger partial charge is 0.0943 e. The summed E-state index contributed by atoms with van der Waals surface area (Å²) < 4.78 is 0. The van der Waals surface area contributed by atoms with Gasteiger partial charge in [0.25, 0.3) is 0 Å². The first-order valence-corrected chi connectivity index (χ1v) is 9.30. The second-order valence-corrected chi connectivity index (χ2v) is 7.26. The van der Waals surface area contributed by atoms with Crippen LogP contribution in [-0.4, -0.2) is 17.6 Å². The topological polar surface area (TPSA) is 24.9 Å². The number of rotatable bonds is 8. The van der Waals surface area contributed by atoms with E-state index in [1.807, 2.05) is 11.3 Å². The van der Waals surface area contributed by atoms with Crippen LogP contribution in [0.5, 0.6) is 0 Å². The average Bonchev–Trinajstić information content (AvgIpc) is 2.88. The molecule has 3 heteroatoms. The number of nitrogens with zero attached hydrogens (tertiary/aromatic N) is 1. The van der Waals surface area contributed by atoms with Crippen LogP contribution in [0.4, 0.5) is 0 Å². The average molecular weight is 295 g/mol. The molecule has 1 fully saturated rings. The predicted octanol–water partition coefficient (Wildman–Crippen LogP) is 4.72. The molecule has 0 aliphatic heterocycles. The van der Waals surface area contributed by atoms with Crippen molar-refractivity contribution in [3.8, 4) is 0 Å². The Bertz CT molecular complexity index is 369. The Morgan fingerprint density at radius 3 is 2.80 bits per heavy atom. The van der Waals surface area contributed by atoms with E-state index in [1.54, 1.807) is 0 Å². The molecule has 114 valence electrons. The van der Waals surface area contributed by atoms with E-state index in [-0.39, 0.29) is 0 Å². The summed E-state index contributed by atoms with van der Waals surface area (Å²) in [6, 6.07) is 0.627. The molecule has 1 aliphatic rings. The number of nitrogens with one attached hydrogen (secondary N) is 1. The van der Waals surface area contributed by atoms with Crippen molar-refractivity contribution in [2.45, 2.75) is 77.7 Å². The standard InChI is InChI=1S/C17H30N2S/c1-3-11-18-16(12-17-19-14(2)13-20-17)10-9-15-7-5-4-6-8-15/h13,15-16,18H,3-12H2,1-2H3. The van der Waals surface area contributed by atoms with Crippen LogP contribution in [0.2, 0.25) is 0 Å². The molecular formula is C17H30N2S. The second-order valence-electron chi connectivity index (χ2n) is 6.32. The number of hydrogen-bond donors (Lipinski definition) is 1. The van der Waals surface area contributed by atoms with Crippen LogP contribution >= 0.6 is 11.3 Å². The van der Waals surface area contributed by atoms with Crippen LogP contribution in [0.15, 0.2) is 5.38 Å². The van der Waals surface area contributed by atoms with Gasteiger partial charge in [0.1, 0.15) is 0 Å². The van der Waals surface area contributed by atoms with E-state index in [0.717, 1.165) is 18.9 Å². The summed E-state index contributed by atoms with van der Waals surface area (Å²) in [7, 11) is 0. The molecule has 1 N–H and O–H groups in total. The van der Waals surface area contributed by atoms with Crippen LogP contribution in [-0.2, 0) is 6.42 Å². The van der Waals surface area contributed by atoms with Crippen LogP contribution in [0.25, 0.3) is 0 Å². The maximum absolute atomic E-state index is 4.63. The molecule has 20 heavy (non-hydrogen) atoms. The lowest BCUT2D eigenvalue weighted by Gasteiger charge is -2.24. The summed E-state index contributed by atoms with van der Waals surface area (Å²) in [5.74, 6) is 0.993. The lowest BCUT2D eigenvalue weighted by molar-refractivity contribution is 0.312. The fourth-order valence-electron chi connectivity index (χ4n) is 3.24. The molecule has 2 nitrogen and oxygen atoms in total. The highest BCUT2D eigenvalue weighted by Crippen LogP contribution is 2.28. The molecule has 1 aromatic heterocycles. The maximum Gasteiger partial charge on any atom is 0.0943 e. The summed E-state index contributed by atoms with van der Waals surface area (Å²) in [5, 5.41) is 7.21. The summed E-state index contributed by atoms with van der Waals surface area (Å²) >= 11 is 1.82. The molecule has 0 aromatic carbocycles. The quantitative estimate of drug-likeness (QED) is 0.750. The minimum absolute atomic E-state index is 0.627. The van der Waals surface area contributed by atoms with E-state index in [9.17, 15) is 0 Å². The fraction of sp³-hybridized carbons (Fsp3) is 0.824. The maximum atomic E-state index is 4.63. The van der Waals surface area contributed by atoms with Gasteiger partial charge in [-0.15, -0.1) is 11.3 Å². The molecular weight excluding hydrogens is 264 g/mol. The highest BCUT2D eigenvalue weighted by Gasteiger charge is 2.17. The van der Waals surface area contributed by atoms with Crippen molar-refractivity contribution in [1.29, 1.82) is 0 Å². The number of aromatic nitrogens is 1. The molecule has 0 saturated heterocycles. The van der Waals surface area contributed by atoms with E-state index < -0.39 is 0 Å². The summed E-state index contributed by atoms with van der Waals surface area (Å²) in [6.45, 7) is 5.48. The Labute approximate surface area is 128 Å². The van der Waals surface area contributed by atoms with Gasteiger partial charge in [0.15, 0.2) is 0 Å². The summed E-state index contributed by atoms with van der Waals surface area (Å²) in [4.78, 5) is 4.63. The minimum atomic E-state index is 0.627. The number of hydrogen-bond acceptors (Lipinski definition) is 3. The Morgan fingerprint density at radius 2 is 2.15 bits per heavy atom. The van der Waals surface area contributed by atoms with Gasteiger partial charge in [0.2, 0.25) is 0 Å². The zero-order chi connectivity index (χ0) is 14.2. The molecule has 2 rings (SSSR count). The van der Waals surface area contributed by atoms with E-state index in [4.69, 9.17) is 0 Å². The van der Waals surface area contributed by atoms with Crippen molar-refractivity contribution in [2.75, 3.05) is 6.54 Å². The lowest BCUT2D eigenvalue weighted by Crippen LogP contribution is -2.32. The van der Waals surface area contributed by atoms with Gasteiger partial charge in [-0.05, 0) is 38.6 Å². The Hall–Kier alpha value is -0.410. The van der Waals surface area contributed by atoms with Gasteiger partial charge < -0.3 is 5.32 Å². The molecule has 1 saturated carbocycles. The third kappa shape index (κ3) is 5.53. The van der Waals surface area contributed by atoms with E-state index in [1.165, 1.54) is 62.1 Å². The van der Waals surface area contributed by atoms with Crippen LogP contribution in [0.1, 0.15) is 69.0 Å². The summed E-state index contributed by atoms with van der Waals surface area (Å²) in [6.07, 6.45) is 12.4. The van der Waals surface area contributed by atoms with Gasteiger partial charge in [-0.3, -0.25) is 0 Å². The third-order valence-electron chi connectivity index (χ3n) is 4.42. The molecule has 1 unspecified atom stereocenters. The fourth-order valence-corrected chi connectivity index (χ4v) is 4.10. The van der Waals surface area contributed by atoms with Crippen molar-refractivity contribution in [3.05, 3.63) is 16.1 Å². The van der Waals surface area contributed by atoms with Gasteiger partial charge >= 0.3 is 0 Å². The van der Waals surface area contributed by atoms with Crippen molar-refractivity contribution in [2.24, 2.45) is 5.92 Å². The lowest BCUT2D eigenvalue weighted by atomic mass is 9.85. The normalized spacial score (nSPS) is 18.3. The molecule has 1 aromatic rings. The van der Waals surface area contributed by atoms with Crippen molar-refractivity contribution in [1.82, 2.24) is 10.3 Å². The molecule has 0 radical (unpaired) electrons. The zero-order valence-corrected chi connectivity index (χ0v) is 14.0. The Balaban J connectivity index is 1.79. The van der Waals surface area contributed by atoms with Crippen molar-refractivity contribution >= 4 is 11.3 Å². The van der Waals surface area contributed by atoms with Crippen molar-refractivity contribution in [3.63, 3.8) is 0 Å². The van der Waals surface area contributed by atoms with E-state index in [2.05, 4.69) is 29.5 Å². The van der Waals surface area contributed by atoms with Gasteiger partial charge in [0, 0.05) is 23.5 Å². The highest BCUT2D eigenvalue weighted by atomic mass is 32.1. The molecule has 1 atom stereocenters.